The molecule has 9 aromatic rings. The molecule has 0 amide bonds. The smallest absolute Gasteiger partial charge is 0.229 e. The molecule has 3 heteroatoms. The van der Waals surface area contributed by atoms with Crippen LogP contribution in [0.3, 0.4) is 0 Å². The van der Waals surface area contributed by atoms with Crippen LogP contribution in [0.25, 0.3) is 66.2 Å². The van der Waals surface area contributed by atoms with E-state index >= 15 is 0 Å². The molecule has 3 nitrogen and oxygen atoms in total. The minimum absolute atomic E-state index is 0.137. The Bertz CT molecular complexity index is 2760. The van der Waals surface area contributed by atoms with E-state index in [1.54, 1.807) is 0 Å². The maximum Gasteiger partial charge on any atom is 0.229 e. The average Bonchev–Trinajstić information content (AvgIpc) is 3.68. The maximum absolute atomic E-state index is 6.63. The fraction of sp³-hybridized carbons (Fsp3) is 0.0625. The van der Waals surface area contributed by atoms with Crippen LogP contribution in [0.4, 0.5) is 17.1 Å². The summed E-state index contributed by atoms with van der Waals surface area (Å²) in [4.78, 5) is 7.22. The number of nitrogens with zero attached hydrogens (tertiary/aromatic N) is 2. The Kier molecular flexibility index (Phi) is 6.53. The summed E-state index contributed by atoms with van der Waals surface area (Å²) in [6, 6.07) is 58.9. The number of anilines is 3. The molecule has 7 aromatic carbocycles. The number of hydrogen-bond donors (Lipinski definition) is 0. The zero-order valence-corrected chi connectivity index (χ0v) is 28.5. The van der Waals surface area contributed by atoms with Crippen LogP contribution in [0.5, 0.6) is 0 Å². The molecule has 1 aliphatic rings. The molecule has 0 aliphatic heterocycles. The summed E-state index contributed by atoms with van der Waals surface area (Å²) < 4.78 is 6.63. The summed E-state index contributed by atoms with van der Waals surface area (Å²) in [5, 5.41) is 4.27. The van der Waals surface area contributed by atoms with Gasteiger partial charge in [-0.25, -0.2) is 4.98 Å². The second-order valence-corrected chi connectivity index (χ2v) is 14.0. The van der Waals surface area contributed by atoms with Gasteiger partial charge in [0, 0.05) is 33.6 Å². The zero-order valence-electron chi connectivity index (χ0n) is 28.5. The summed E-state index contributed by atoms with van der Waals surface area (Å²) in [6.07, 6.45) is 1.88. The third-order valence-corrected chi connectivity index (χ3v) is 10.7. The molecular formula is C48H34N2O. The zero-order chi connectivity index (χ0) is 34.1. The third kappa shape index (κ3) is 4.55. The number of benzene rings is 7. The van der Waals surface area contributed by atoms with Gasteiger partial charge in [-0.05, 0) is 80.7 Å². The van der Waals surface area contributed by atoms with Crippen LogP contribution in [0.1, 0.15) is 25.0 Å². The summed E-state index contributed by atoms with van der Waals surface area (Å²) in [5.74, 6) is 0. The van der Waals surface area contributed by atoms with Crippen LogP contribution in [0, 0.1) is 0 Å². The van der Waals surface area contributed by atoms with Crippen LogP contribution in [-0.2, 0) is 5.41 Å². The Labute approximate surface area is 297 Å². The summed E-state index contributed by atoms with van der Waals surface area (Å²) in [6.45, 7) is 4.70. The first-order chi connectivity index (χ1) is 25.1. The Morgan fingerprint density at radius 1 is 0.510 bits per heavy atom. The van der Waals surface area contributed by atoms with Gasteiger partial charge in [0.2, 0.25) is 5.71 Å². The highest BCUT2D eigenvalue weighted by Gasteiger charge is 2.37. The summed E-state index contributed by atoms with van der Waals surface area (Å²) >= 11 is 0. The van der Waals surface area contributed by atoms with Gasteiger partial charge >= 0.3 is 0 Å². The van der Waals surface area contributed by atoms with Crippen molar-refractivity contribution in [2.75, 3.05) is 4.90 Å². The quantitative estimate of drug-likeness (QED) is 0.185. The van der Waals surface area contributed by atoms with Gasteiger partial charge in [-0.2, -0.15) is 0 Å². The van der Waals surface area contributed by atoms with Crippen LogP contribution in [0.15, 0.2) is 174 Å². The highest BCUT2D eigenvalue weighted by molar-refractivity contribution is 6.19. The number of furan rings is 1. The molecular weight excluding hydrogens is 621 g/mol. The molecule has 0 bridgehead atoms. The molecule has 0 fully saturated rings. The number of aromatic nitrogens is 1. The van der Waals surface area contributed by atoms with Crippen LogP contribution < -0.4 is 4.90 Å². The van der Waals surface area contributed by atoms with Gasteiger partial charge in [0.25, 0.3) is 0 Å². The number of hydrogen-bond acceptors (Lipinski definition) is 3. The Morgan fingerprint density at radius 3 is 2.00 bits per heavy atom. The molecule has 0 spiro atoms. The van der Waals surface area contributed by atoms with Crippen molar-refractivity contribution in [3.05, 3.63) is 181 Å². The lowest BCUT2D eigenvalue weighted by molar-refractivity contribution is 0.657. The van der Waals surface area contributed by atoms with E-state index in [0.29, 0.717) is 5.71 Å². The molecule has 242 valence electrons. The van der Waals surface area contributed by atoms with Crippen LogP contribution in [0.2, 0.25) is 0 Å². The molecule has 0 saturated heterocycles. The SMILES string of the molecule is CC1(C)c2ccccc2-c2cc(N(c3ccc(-c4ccccc4)cc3)c3ccnc4oc5c6ccccc6ccc5c34)c(-c3ccccc3)cc21. The molecule has 1 aliphatic carbocycles. The van der Waals surface area contributed by atoms with Gasteiger partial charge in [-0.15, -0.1) is 0 Å². The van der Waals surface area contributed by atoms with Crippen molar-refractivity contribution in [1.29, 1.82) is 0 Å². The van der Waals surface area contributed by atoms with E-state index in [0.717, 1.165) is 44.2 Å². The molecule has 2 aromatic heterocycles. The van der Waals surface area contributed by atoms with Crippen molar-refractivity contribution >= 4 is 49.9 Å². The van der Waals surface area contributed by atoms with Crippen molar-refractivity contribution in [3.8, 4) is 33.4 Å². The summed E-state index contributed by atoms with van der Waals surface area (Å²) in [7, 11) is 0. The van der Waals surface area contributed by atoms with Gasteiger partial charge in [0.15, 0.2) is 0 Å². The number of rotatable bonds is 5. The van der Waals surface area contributed by atoms with E-state index < -0.39 is 0 Å². The van der Waals surface area contributed by atoms with E-state index in [1.165, 1.54) is 44.5 Å². The van der Waals surface area contributed by atoms with Crippen LogP contribution in [-0.4, -0.2) is 4.98 Å². The first kappa shape index (κ1) is 29.5. The van der Waals surface area contributed by atoms with E-state index in [4.69, 9.17) is 9.40 Å². The third-order valence-electron chi connectivity index (χ3n) is 10.7. The standard InChI is InChI=1S/C48H34N2O/c1-48(2)41-20-12-11-19-37(41)40-30-44(39(29-42(40)48)33-15-7-4-8-16-33)50(35-24-21-32(22-25-35)31-13-5-3-6-14-31)43-27-28-49-47-45(43)38-26-23-34-17-9-10-18-36(34)46(38)51-47/h3-30H,1-2H3. The van der Waals surface area contributed by atoms with Crippen molar-refractivity contribution < 1.29 is 4.42 Å². The van der Waals surface area contributed by atoms with Crippen molar-refractivity contribution in [1.82, 2.24) is 4.98 Å². The number of fused-ring (bicyclic) bond motifs is 8. The fourth-order valence-corrected chi connectivity index (χ4v) is 8.21. The highest BCUT2D eigenvalue weighted by atomic mass is 16.3. The minimum Gasteiger partial charge on any atom is -0.437 e. The van der Waals surface area contributed by atoms with E-state index in [1.807, 2.05) is 6.20 Å². The van der Waals surface area contributed by atoms with Crippen molar-refractivity contribution in [2.24, 2.45) is 0 Å². The fourth-order valence-electron chi connectivity index (χ4n) is 8.21. The molecule has 0 N–H and O–H groups in total. The average molecular weight is 655 g/mol. The first-order valence-electron chi connectivity index (χ1n) is 17.5. The molecule has 51 heavy (non-hydrogen) atoms. The van der Waals surface area contributed by atoms with E-state index in [2.05, 4.69) is 183 Å². The van der Waals surface area contributed by atoms with Crippen molar-refractivity contribution in [3.63, 3.8) is 0 Å². The summed E-state index contributed by atoms with van der Waals surface area (Å²) in [5.41, 5.74) is 14.5. The first-order valence-corrected chi connectivity index (χ1v) is 17.5. The lowest BCUT2D eigenvalue weighted by Crippen LogP contribution is -2.16. The van der Waals surface area contributed by atoms with Gasteiger partial charge in [0.05, 0.1) is 16.8 Å². The van der Waals surface area contributed by atoms with E-state index in [9.17, 15) is 0 Å². The van der Waals surface area contributed by atoms with Gasteiger partial charge in [0.1, 0.15) is 5.58 Å². The molecule has 10 rings (SSSR count). The molecule has 2 heterocycles. The highest BCUT2D eigenvalue weighted by Crippen LogP contribution is 2.54. The van der Waals surface area contributed by atoms with Crippen LogP contribution >= 0.6 is 0 Å². The Morgan fingerprint density at radius 2 is 1.20 bits per heavy atom. The topological polar surface area (TPSA) is 29.3 Å². The minimum atomic E-state index is -0.137. The normalized spacial score (nSPS) is 13.1. The second-order valence-electron chi connectivity index (χ2n) is 14.0. The van der Waals surface area contributed by atoms with Crippen molar-refractivity contribution in [2.45, 2.75) is 19.3 Å². The largest absolute Gasteiger partial charge is 0.437 e. The van der Waals surface area contributed by atoms with Gasteiger partial charge in [-0.1, -0.05) is 141 Å². The molecule has 0 unspecified atom stereocenters. The maximum atomic E-state index is 6.63. The lowest BCUT2D eigenvalue weighted by atomic mass is 9.81. The predicted molar refractivity (Wildman–Crippen MR) is 212 cm³/mol. The molecule has 0 radical (unpaired) electrons. The Balaban J connectivity index is 1.30. The van der Waals surface area contributed by atoms with Gasteiger partial charge < -0.3 is 9.32 Å². The second kappa shape index (κ2) is 11.3. The molecule has 0 saturated carbocycles. The lowest BCUT2D eigenvalue weighted by Gasteiger charge is -2.30. The predicted octanol–water partition coefficient (Wildman–Crippen LogP) is 13.2. The monoisotopic (exact) mass is 654 g/mol. The number of pyridine rings is 1. The van der Waals surface area contributed by atoms with Gasteiger partial charge in [-0.3, -0.25) is 0 Å². The van der Waals surface area contributed by atoms with E-state index in [-0.39, 0.29) is 5.41 Å². The molecule has 0 atom stereocenters. The Hall–Kier alpha value is -6.45.